The number of amides is 1. The van der Waals surface area contributed by atoms with Crippen molar-refractivity contribution in [1.29, 1.82) is 0 Å². The van der Waals surface area contributed by atoms with Crippen LogP contribution in [0.4, 0.5) is 15.8 Å². The van der Waals surface area contributed by atoms with E-state index < -0.39 is 5.82 Å². The maximum absolute atomic E-state index is 13.3. The number of fused-ring (bicyclic) bond motifs is 1. The van der Waals surface area contributed by atoms with Crippen LogP contribution in [0.1, 0.15) is 24.8 Å². The molecule has 0 radical (unpaired) electrons. The standard InChI is InChI=1S/C21H20ClFN2O3/c22-17-12-16(3-4-18(17)23)25-7-5-13(6-8-25)9-20(26)24-15-2-1-14-10-21(27)28-19(14)11-15/h1-4,11-13H,5-10H2,(H,24,26). The fraction of sp³-hybridized carbons (Fsp3) is 0.333. The lowest BCUT2D eigenvalue weighted by atomic mass is 9.93. The van der Waals surface area contributed by atoms with Gasteiger partial charge >= 0.3 is 5.97 Å². The highest BCUT2D eigenvalue weighted by Gasteiger charge is 2.23. The maximum atomic E-state index is 13.3. The van der Waals surface area contributed by atoms with Crippen molar-refractivity contribution in [3.63, 3.8) is 0 Å². The van der Waals surface area contributed by atoms with E-state index in [4.69, 9.17) is 16.3 Å². The van der Waals surface area contributed by atoms with Gasteiger partial charge in [0, 0.05) is 42.5 Å². The van der Waals surface area contributed by atoms with Gasteiger partial charge in [0.1, 0.15) is 11.6 Å². The van der Waals surface area contributed by atoms with E-state index >= 15 is 0 Å². The molecule has 146 valence electrons. The Labute approximate surface area is 167 Å². The summed E-state index contributed by atoms with van der Waals surface area (Å²) >= 11 is 5.87. The molecule has 2 aliphatic heterocycles. The summed E-state index contributed by atoms with van der Waals surface area (Å²) in [6.07, 6.45) is 2.48. The molecule has 4 rings (SSSR count). The molecule has 1 amide bonds. The minimum atomic E-state index is -0.418. The number of piperidine rings is 1. The molecule has 0 atom stereocenters. The summed E-state index contributed by atoms with van der Waals surface area (Å²) in [5.41, 5.74) is 2.38. The predicted molar refractivity (Wildman–Crippen MR) is 105 cm³/mol. The molecule has 28 heavy (non-hydrogen) atoms. The smallest absolute Gasteiger partial charge is 0.315 e. The summed E-state index contributed by atoms with van der Waals surface area (Å²) in [6.45, 7) is 1.60. The second-order valence-corrected chi connectivity index (χ2v) is 7.66. The summed E-state index contributed by atoms with van der Waals surface area (Å²) in [5, 5.41) is 3.01. The molecular weight excluding hydrogens is 383 g/mol. The van der Waals surface area contributed by atoms with E-state index in [0.717, 1.165) is 37.2 Å². The fourth-order valence-corrected chi connectivity index (χ4v) is 3.91. The molecular formula is C21H20ClFN2O3. The number of carbonyl (C=O) groups is 2. The number of esters is 1. The van der Waals surface area contributed by atoms with Crippen LogP contribution in [0.5, 0.6) is 5.75 Å². The monoisotopic (exact) mass is 402 g/mol. The summed E-state index contributed by atoms with van der Waals surface area (Å²) < 4.78 is 18.4. The van der Waals surface area contributed by atoms with E-state index in [0.29, 0.717) is 23.8 Å². The second-order valence-electron chi connectivity index (χ2n) is 7.25. The predicted octanol–water partition coefficient (Wildman–Crippen LogP) is 4.19. The van der Waals surface area contributed by atoms with Crippen LogP contribution in [-0.4, -0.2) is 25.0 Å². The third-order valence-electron chi connectivity index (χ3n) is 5.27. The van der Waals surface area contributed by atoms with Crippen molar-refractivity contribution in [3.8, 4) is 5.75 Å². The molecule has 1 saturated heterocycles. The molecule has 1 fully saturated rings. The first-order valence-corrected chi connectivity index (χ1v) is 9.69. The number of anilines is 2. The van der Waals surface area contributed by atoms with Gasteiger partial charge < -0.3 is 15.0 Å². The highest BCUT2D eigenvalue weighted by Crippen LogP contribution is 2.30. The molecule has 2 aromatic carbocycles. The largest absolute Gasteiger partial charge is 0.426 e. The first-order valence-electron chi connectivity index (χ1n) is 9.31. The van der Waals surface area contributed by atoms with E-state index in [2.05, 4.69) is 10.2 Å². The molecule has 7 heteroatoms. The Bertz CT molecular complexity index is 926. The molecule has 2 aliphatic rings. The maximum Gasteiger partial charge on any atom is 0.315 e. The zero-order valence-electron chi connectivity index (χ0n) is 15.2. The Balaban J connectivity index is 1.29. The topological polar surface area (TPSA) is 58.6 Å². The van der Waals surface area contributed by atoms with Crippen LogP contribution < -0.4 is 15.0 Å². The Morgan fingerprint density at radius 2 is 2.00 bits per heavy atom. The SMILES string of the molecule is O=C(CC1CCN(c2ccc(F)c(Cl)c2)CC1)Nc1ccc2c(c1)OC(=O)C2. The second kappa shape index (κ2) is 7.80. The third kappa shape index (κ3) is 4.12. The molecule has 0 unspecified atom stereocenters. The zero-order chi connectivity index (χ0) is 19.7. The van der Waals surface area contributed by atoms with Gasteiger partial charge in [0.25, 0.3) is 0 Å². The number of carbonyl (C=O) groups excluding carboxylic acids is 2. The van der Waals surface area contributed by atoms with Crippen LogP contribution in [0.15, 0.2) is 36.4 Å². The van der Waals surface area contributed by atoms with Crippen LogP contribution in [0.2, 0.25) is 5.02 Å². The Morgan fingerprint density at radius 3 is 2.75 bits per heavy atom. The zero-order valence-corrected chi connectivity index (χ0v) is 16.0. The average Bonchev–Trinajstić information content (AvgIpc) is 3.04. The molecule has 0 bridgehead atoms. The number of hydrogen-bond donors (Lipinski definition) is 1. The Morgan fingerprint density at radius 1 is 1.21 bits per heavy atom. The van der Waals surface area contributed by atoms with Crippen molar-refractivity contribution in [2.75, 3.05) is 23.3 Å². The van der Waals surface area contributed by atoms with Gasteiger partial charge in [-0.2, -0.15) is 0 Å². The molecule has 0 aromatic heterocycles. The van der Waals surface area contributed by atoms with Crippen molar-refractivity contribution >= 4 is 34.9 Å². The van der Waals surface area contributed by atoms with Gasteiger partial charge in [0.05, 0.1) is 11.4 Å². The average molecular weight is 403 g/mol. The molecule has 2 aromatic rings. The van der Waals surface area contributed by atoms with E-state index in [1.165, 1.54) is 6.07 Å². The van der Waals surface area contributed by atoms with E-state index in [1.807, 2.05) is 6.07 Å². The van der Waals surface area contributed by atoms with Crippen LogP contribution in [0, 0.1) is 11.7 Å². The number of ether oxygens (including phenoxy) is 1. The van der Waals surface area contributed by atoms with Gasteiger partial charge in [0.2, 0.25) is 5.91 Å². The van der Waals surface area contributed by atoms with Crippen LogP contribution in [0.3, 0.4) is 0 Å². The lowest BCUT2D eigenvalue weighted by molar-refractivity contribution is -0.131. The Kier molecular flexibility index (Phi) is 5.22. The normalized spacial score (nSPS) is 16.6. The van der Waals surface area contributed by atoms with Gasteiger partial charge in [-0.3, -0.25) is 9.59 Å². The van der Waals surface area contributed by atoms with Gasteiger partial charge in [-0.05, 0) is 43.0 Å². The highest BCUT2D eigenvalue weighted by atomic mass is 35.5. The number of hydrogen-bond acceptors (Lipinski definition) is 4. The number of halogens is 2. The summed E-state index contributed by atoms with van der Waals surface area (Å²) in [4.78, 5) is 25.9. The molecule has 0 spiro atoms. The minimum absolute atomic E-state index is 0.0486. The summed E-state index contributed by atoms with van der Waals surface area (Å²) in [7, 11) is 0. The van der Waals surface area contributed by atoms with Gasteiger partial charge in [0.15, 0.2) is 0 Å². The lowest BCUT2D eigenvalue weighted by Crippen LogP contribution is -2.34. The number of nitrogens with one attached hydrogen (secondary N) is 1. The van der Waals surface area contributed by atoms with Crippen molar-refractivity contribution in [3.05, 3.63) is 52.8 Å². The lowest BCUT2D eigenvalue weighted by Gasteiger charge is -2.33. The van der Waals surface area contributed by atoms with E-state index in [1.54, 1.807) is 24.3 Å². The molecule has 0 saturated carbocycles. The fourth-order valence-electron chi connectivity index (χ4n) is 3.74. The van der Waals surface area contributed by atoms with Crippen LogP contribution in [0.25, 0.3) is 0 Å². The molecule has 2 heterocycles. The number of nitrogens with zero attached hydrogens (tertiary/aromatic N) is 1. The summed E-state index contributed by atoms with van der Waals surface area (Å²) in [6, 6.07) is 10.0. The first-order chi connectivity index (χ1) is 13.5. The molecule has 0 aliphatic carbocycles. The molecule has 1 N–H and O–H groups in total. The number of benzene rings is 2. The van der Waals surface area contributed by atoms with Crippen molar-refractivity contribution in [1.82, 2.24) is 0 Å². The number of rotatable bonds is 4. The van der Waals surface area contributed by atoms with Gasteiger partial charge in [-0.1, -0.05) is 17.7 Å². The van der Waals surface area contributed by atoms with Crippen LogP contribution in [-0.2, 0) is 16.0 Å². The molecule has 5 nitrogen and oxygen atoms in total. The highest BCUT2D eigenvalue weighted by molar-refractivity contribution is 6.31. The van der Waals surface area contributed by atoms with Crippen LogP contribution >= 0.6 is 11.6 Å². The van der Waals surface area contributed by atoms with Crippen molar-refractivity contribution in [2.45, 2.75) is 25.7 Å². The third-order valence-corrected chi connectivity index (χ3v) is 5.56. The minimum Gasteiger partial charge on any atom is -0.426 e. The first kappa shape index (κ1) is 18.7. The van der Waals surface area contributed by atoms with Gasteiger partial charge in [-0.25, -0.2) is 4.39 Å². The van der Waals surface area contributed by atoms with Gasteiger partial charge in [-0.15, -0.1) is 0 Å². The summed E-state index contributed by atoms with van der Waals surface area (Å²) in [5.74, 6) is 0.0759. The van der Waals surface area contributed by atoms with E-state index in [9.17, 15) is 14.0 Å². The Hall–Kier alpha value is -2.60. The van der Waals surface area contributed by atoms with E-state index in [-0.39, 0.29) is 23.3 Å². The van der Waals surface area contributed by atoms with Crippen molar-refractivity contribution < 1.29 is 18.7 Å². The quantitative estimate of drug-likeness (QED) is 0.615. The van der Waals surface area contributed by atoms with Crippen molar-refractivity contribution in [2.24, 2.45) is 5.92 Å².